The molecule has 0 aliphatic carbocycles. The quantitative estimate of drug-likeness (QED) is 0.890. The number of rotatable bonds is 5. The van der Waals surface area contributed by atoms with Gasteiger partial charge in [-0.2, -0.15) is 4.31 Å². The zero-order valence-corrected chi connectivity index (χ0v) is 12.9. The standard InChI is InChI=1S/C12H20N2O3S2/c1-13-8-10-7-12(18-9-10)19(15,16)14-5-3-11(17-2)4-6-14/h7,9,11,13H,3-6,8H2,1-2H3. The predicted molar refractivity (Wildman–Crippen MR) is 75.9 cm³/mol. The van der Waals surface area contributed by atoms with E-state index in [1.807, 2.05) is 12.4 Å². The van der Waals surface area contributed by atoms with E-state index in [0.717, 1.165) is 18.4 Å². The highest BCUT2D eigenvalue weighted by molar-refractivity contribution is 7.91. The molecular formula is C12H20N2O3S2. The van der Waals surface area contributed by atoms with Crippen LogP contribution >= 0.6 is 11.3 Å². The second kappa shape index (κ2) is 6.32. The molecule has 0 spiro atoms. The van der Waals surface area contributed by atoms with E-state index in [2.05, 4.69) is 5.32 Å². The summed E-state index contributed by atoms with van der Waals surface area (Å²) in [5.41, 5.74) is 1.01. The van der Waals surface area contributed by atoms with Crippen LogP contribution in [0.25, 0.3) is 0 Å². The van der Waals surface area contributed by atoms with Gasteiger partial charge in [-0.3, -0.25) is 0 Å². The third kappa shape index (κ3) is 3.35. The minimum atomic E-state index is -3.32. The molecular weight excluding hydrogens is 284 g/mol. The molecule has 1 saturated heterocycles. The Hall–Kier alpha value is -0.470. The summed E-state index contributed by atoms with van der Waals surface area (Å²) >= 11 is 1.30. The molecule has 7 heteroatoms. The van der Waals surface area contributed by atoms with Crippen molar-refractivity contribution in [1.82, 2.24) is 9.62 Å². The molecule has 1 aromatic rings. The van der Waals surface area contributed by atoms with E-state index in [-0.39, 0.29) is 6.10 Å². The summed E-state index contributed by atoms with van der Waals surface area (Å²) in [5, 5.41) is 4.92. The molecule has 2 rings (SSSR count). The van der Waals surface area contributed by atoms with Crippen LogP contribution in [0.1, 0.15) is 18.4 Å². The molecule has 0 atom stereocenters. The van der Waals surface area contributed by atoms with Crippen molar-refractivity contribution in [3.05, 3.63) is 17.0 Å². The van der Waals surface area contributed by atoms with Crippen LogP contribution in [0, 0.1) is 0 Å². The second-order valence-electron chi connectivity index (χ2n) is 4.64. The summed E-state index contributed by atoms with van der Waals surface area (Å²) in [4.78, 5) is 0. The van der Waals surface area contributed by atoms with Crippen LogP contribution < -0.4 is 5.32 Å². The van der Waals surface area contributed by atoms with Crippen LogP contribution in [0.3, 0.4) is 0 Å². The molecule has 19 heavy (non-hydrogen) atoms. The highest BCUT2D eigenvalue weighted by Crippen LogP contribution is 2.26. The molecule has 1 N–H and O–H groups in total. The first-order chi connectivity index (χ1) is 9.07. The normalized spacial score (nSPS) is 18.8. The first-order valence-electron chi connectivity index (χ1n) is 6.33. The van der Waals surface area contributed by atoms with Gasteiger partial charge in [-0.1, -0.05) is 0 Å². The van der Waals surface area contributed by atoms with Crippen molar-refractivity contribution in [2.45, 2.75) is 29.7 Å². The van der Waals surface area contributed by atoms with E-state index in [9.17, 15) is 8.42 Å². The second-order valence-corrected chi connectivity index (χ2v) is 7.72. The fraction of sp³-hybridized carbons (Fsp3) is 0.667. The van der Waals surface area contributed by atoms with Gasteiger partial charge in [0, 0.05) is 26.7 Å². The highest BCUT2D eigenvalue weighted by atomic mass is 32.2. The number of nitrogens with one attached hydrogen (secondary N) is 1. The van der Waals surface area contributed by atoms with Crippen molar-refractivity contribution in [3.8, 4) is 0 Å². The van der Waals surface area contributed by atoms with Crippen molar-refractivity contribution < 1.29 is 13.2 Å². The fourth-order valence-corrected chi connectivity index (χ4v) is 5.05. The summed E-state index contributed by atoms with van der Waals surface area (Å²) < 4.78 is 32.2. The Labute approximate surface area is 118 Å². The lowest BCUT2D eigenvalue weighted by Gasteiger charge is -2.29. The van der Waals surface area contributed by atoms with Gasteiger partial charge in [-0.25, -0.2) is 8.42 Å². The number of piperidine rings is 1. The number of methoxy groups -OCH3 is 1. The molecule has 1 fully saturated rings. The Morgan fingerprint density at radius 3 is 2.74 bits per heavy atom. The third-order valence-corrected chi connectivity index (χ3v) is 6.70. The first-order valence-corrected chi connectivity index (χ1v) is 8.65. The van der Waals surface area contributed by atoms with Gasteiger partial charge >= 0.3 is 0 Å². The molecule has 108 valence electrons. The molecule has 0 saturated carbocycles. The van der Waals surface area contributed by atoms with Crippen LogP contribution in [0.2, 0.25) is 0 Å². The minimum absolute atomic E-state index is 0.189. The molecule has 1 aromatic heterocycles. The van der Waals surface area contributed by atoms with Crippen LogP contribution in [-0.2, 0) is 21.3 Å². The Kier molecular flexibility index (Phi) is 4.97. The van der Waals surface area contributed by atoms with E-state index in [1.54, 1.807) is 17.5 Å². The highest BCUT2D eigenvalue weighted by Gasteiger charge is 2.30. The van der Waals surface area contributed by atoms with Gasteiger partial charge in [0.15, 0.2) is 0 Å². The van der Waals surface area contributed by atoms with Crippen molar-refractivity contribution >= 4 is 21.4 Å². The first kappa shape index (κ1) is 14.9. The molecule has 0 bridgehead atoms. The monoisotopic (exact) mass is 304 g/mol. The lowest BCUT2D eigenvalue weighted by atomic mass is 10.1. The predicted octanol–water partition coefficient (Wildman–Crippen LogP) is 1.27. The maximum Gasteiger partial charge on any atom is 0.252 e. The maximum absolute atomic E-state index is 12.5. The van der Waals surface area contributed by atoms with Crippen molar-refractivity contribution in [2.24, 2.45) is 0 Å². The van der Waals surface area contributed by atoms with Gasteiger partial charge in [0.1, 0.15) is 4.21 Å². The number of hydrogen-bond acceptors (Lipinski definition) is 5. The number of ether oxygens (including phenoxy) is 1. The molecule has 2 heterocycles. The minimum Gasteiger partial charge on any atom is -0.381 e. The number of nitrogens with zero attached hydrogens (tertiary/aromatic N) is 1. The largest absolute Gasteiger partial charge is 0.381 e. The number of sulfonamides is 1. The summed E-state index contributed by atoms with van der Waals surface area (Å²) in [6, 6.07) is 1.76. The van der Waals surface area contributed by atoms with Crippen molar-refractivity contribution in [2.75, 3.05) is 27.2 Å². The van der Waals surface area contributed by atoms with Crippen molar-refractivity contribution in [1.29, 1.82) is 0 Å². The van der Waals surface area contributed by atoms with Gasteiger partial charge < -0.3 is 10.1 Å². The van der Waals surface area contributed by atoms with E-state index in [4.69, 9.17) is 4.74 Å². The van der Waals surface area contributed by atoms with Gasteiger partial charge in [0.05, 0.1) is 6.10 Å². The van der Waals surface area contributed by atoms with Crippen molar-refractivity contribution in [3.63, 3.8) is 0 Å². The summed E-state index contributed by atoms with van der Waals surface area (Å²) in [7, 11) is 0.205. The van der Waals surface area contributed by atoms with Crippen LogP contribution in [0.15, 0.2) is 15.7 Å². The summed E-state index contributed by atoms with van der Waals surface area (Å²) in [6.07, 6.45) is 1.73. The lowest BCUT2D eigenvalue weighted by molar-refractivity contribution is 0.0605. The average Bonchev–Trinajstić information content (AvgIpc) is 2.89. The third-order valence-electron chi connectivity index (χ3n) is 3.34. The van der Waals surface area contributed by atoms with Gasteiger partial charge in [-0.05, 0) is 36.9 Å². The summed E-state index contributed by atoms with van der Waals surface area (Å²) in [5.74, 6) is 0. The molecule has 1 aliphatic heterocycles. The Balaban J connectivity index is 2.09. The van der Waals surface area contributed by atoms with E-state index < -0.39 is 10.0 Å². The topological polar surface area (TPSA) is 58.6 Å². The van der Waals surface area contributed by atoms with Crippen LogP contribution in [0.5, 0.6) is 0 Å². The lowest BCUT2D eigenvalue weighted by Crippen LogP contribution is -2.40. The Morgan fingerprint density at radius 1 is 1.47 bits per heavy atom. The smallest absolute Gasteiger partial charge is 0.252 e. The molecule has 1 aliphatic rings. The maximum atomic E-state index is 12.5. The Bertz CT molecular complexity index is 505. The molecule has 0 aromatic carbocycles. The number of thiophene rings is 1. The zero-order chi connectivity index (χ0) is 13.9. The van der Waals surface area contributed by atoms with E-state index >= 15 is 0 Å². The Morgan fingerprint density at radius 2 is 2.16 bits per heavy atom. The van der Waals surface area contributed by atoms with Gasteiger partial charge in [0.25, 0.3) is 10.0 Å². The van der Waals surface area contributed by atoms with E-state index in [0.29, 0.717) is 23.8 Å². The molecule has 0 radical (unpaired) electrons. The summed E-state index contributed by atoms with van der Waals surface area (Å²) in [6.45, 7) is 1.78. The number of hydrogen-bond donors (Lipinski definition) is 1. The average molecular weight is 304 g/mol. The zero-order valence-electron chi connectivity index (χ0n) is 11.3. The SMILES string of the molecule is CNCc1csc(S(=O)(=O)N2CCC(OC)CC2)c1. The molecule has 0 amide bonds. The van der Waals surface area contributed by atoms with Crippen LogP contribution in [0.4, 0.5) is 0 Å². The van der Waals surface area contributed by atoms with Gasteiger partial charge in [0.2, 0.25) is 0 Å². The van der Waals surface area contributed by atoms with E-state index in [1.165, 1.54) is 11.3 Å². The molecule has 0 unspecified atom stereocenters. The fourth-order valence-electron chi connectivity index (χ4n) is 2.22. The van der Waals surface area contributed by atoms with Crippen LogP contribution in [-0.4, -0.2) is 46.1 Å². The van der Waals surface area contributed by atoms with Gasteiger partial charge in [-0.15, -0.1) is 11.3 Å². The molecule has 5 nitrogen and oxygen atoms in total.